The lowest BCUT2D eigenvalue weighted by Crippen LogP contribution is -2.17. The molecule has 19 heavy (non-hydrogen) atoms. The summed E-state index contributed by atoms with van der Waals surface area (Å²) in [6.45, 7) is 4.38. The first-order valence-electron chi connectivity index (χ1n) is 7.34. The first-order chi connectivity index (χ1) is 9.13. The van der Waals surface area contributed by atoms with E-state index in [-0.39, 0.29) is 11.9 Å². The third-order valence-corrected chi connectivity index (χ3v) is 5.59. The molecule has 1 saturated carbocycles. The van der Waals surface area contributed by atoms with Crippen LogP contribution in [0.25, 0.3) is 0 Å². The normalized spacial score (nSPS) is 37.8. The van der Waals surface area contributed by atoms with E-state index in [1.54, 1.807) is 11.1 Å². The van der Waals surface area contributed by atoms with E-state index < -0.39 is 0 Å². The molecular formula is C17H20O2. The molecule has 0 N–H and O–H groups in total. The highest BCUT2D eigenvalue weighted by Crippen LogP contribution is 2.65. The molecule has 0 aliphatic heterocycles. The van der Waals surface area contributed by atoms with Crippen molar-refractivity contribution in [1.82, 2.24) is 0 Å². The maximum Gasteiger partial charge on any atom is 0.334 e. The Balaban J connectivity index is 1.84. The van der Waals surface area contributed by atoms with Gasteiger partial charge in [0, 0.05) is 17.4 Å². The molecule has 2 heteroatoms. The van der Waals surface area contributed by atoms with E-state index in [1.807, 2.05) is 0 Å². The zero-order valence-electron chi connectivity index (χ0n) is 11.8. The van der Waals surface area contributed by atoms with Crippen LogP contribution in [0.15, 0.2) is 33.9 Å². The molecule has 4 aliphatic rings. The molecule has 0 aromatic rings. The molecule has 4 bridgehead atoms. The summed E-state index contributed by atoms with van der Waals surface area (Å²) in [7, 11) is 1.49. The summed E-state index contributed by atoms with van der Waals surface area (Å²) in [5.41, 5.74) is 7.08. The Bertz CT molecular complexity index is 572. The molecule has 0 amide bonds. The largest absolute Gasteiger partial charge is 0.466 e. The van der Waals surface area contributed by atoms with Gasteiger partial charge in [-0.05, 0) is 50.5 Å². The standard InChI is InChI=1S/C17H20O2/c1-8(2)13-11-7-12(17(18)19-3)16(13)15-10-5-4-9(6-10)14(11)15/h7,9-11,16H,4-6H2,1-3H3/t9-,10-,11+,16+/m0/s1. The summed E-state index contributed by atoms with van der Waals surface area (Å²) in [5, 5.41) is 0. The summed E-state index contributed by atoms with van der Waals surface area (Å²) in [6, 6.07) is 0. The molecule has 4 rings (SSSR count). The van der Waals surface area contributed by atoms with E-state index in [0.29, 0.717) is 5.92 Å². The zero-order chi connectivity index (χ0) is 13.3. The second-order valence-corrected chi connectivity index (χ2v) is 6.60. The average molecular weight is 256 g/mol. The van der Waals surface area contributed by atoms with Gasteiger partial charge in [-0.2, -0.15) is 0 Å². The van der Waals surface area contributed by atoms with Gasteiger partial charge in [-0.25, -0.2) is 4.79 Å². The molecule has 0 saturated heterocycles. The highest BCUT2D eigenvalue weighted by atomic mass is 16.5. The zero-order valence-corrected chi connectivity index (χ0v) is 11.8. The predicted molar refractivity (Wildman–Crippen MR) is 73.3 cm³/mol. The molecule has 0 aromatic heterocycles. The van der Waals surface area contributed by atoms with Crippen LogP contribution in [0.2, 0.25) is 0 Å². The van der Waals surface area contributed by atoms with E-state index in [1.165, 1.54) is 37.5 Å². The molecule has 0 unspecified atom stereocenters. The van der Waals surface area contributed by atoms with Crippen molar-refractivity contribution >= 4 is 5.97 Å². The highest BCUT2D eigenvalue weighted by Gasteiger charge is 2.55. The average Bonchev–Trinajstić information content (AvgIpc) is 3.12. The van der Waals surface area contributed by atoms with Crippen molar-refractivity contribution in [3.63, 3.8) is 0 Å². The molecule has 100 valence electrons. The van der Waals surface area contributed by atoms with Gasteiger partial charge >= 0.3 is 5.97 Å². The first-order valence-corrected chi connectivity index (χ1v) is 7.34. The summed E-state index contributed by atoms with van der Waals surface area (Å²) >= 11 is 0. The van der Waals surface area contributed by atoms with Crippen molar-refractivity contribution in [2.75, 3.05) is 7.11 Å². The second-order valence-electron chi connectivity index (χ2n) is 6.60. The Morgan fingerprint density at radius 3 is 2.53 bits per heavy atom. The Morgan fingerprint density at radius 1 is 1.21 bits per heavy atom. The van der Waals surface area contributed by atoms with E-state index in [4.69, 9.17) is 4.74 Å². The predicted octanol–water partition coefficient (Wildman–Crippen LogP) is 3.41. The Kier molecular flexibility index (Phi) is 2.19. The number of hydrogen-bond donors (Lipinski definition) is 0. The van der Waals surface area contributed by atoms with Crippen molar-refractivity contribution < 1.29 is 9.53 Å². The Morgan fingerprint density at radius 2 is 1.89 bits per heavy atom. The Hall–Kier alpha value is -1.31. The number of carbonyl (C=O) groups excluding carboxylic acids is 1. The molecule has 0 radical (unpaired) electrons. The van der Waals surface area contributed by atoms with Gasteiger partial charge in [0.15, 0.2) is 0 Å². The summed E-state index contributed by atoms with van der Waals surface area (Å²) in [5.74, 6) is 2.13. The fourth-order valence-electron chi connectivity index (χ4n) is 5.06. The van der Waals surface area contributed by atoms with Gasteiger partial charge < -0.3 is 4.74 Å². The van der Waals surface area contributed by atoms with Crippen molar-refractivity contribution in [3.05, 3.63) is 33.9 Å². The van der Waals surface area contributed by atoms with Crippen LogP contribution in [0.1, 0.15) is 33.1 Å². The lowest BCUT2D eigenvalue weighted by molar-refractivity contribution is -0.136. The van der Waals surface area contributed by atoms with Crippen LogP contribution in [-0.4, -0.2) is 13.1 Å². The number of methoxy groups -OCH3 is 1. The monoisotopic (exact) mass is 256 g/mol. The third-order valence-electron chi connectivity index (χ3n) is 5.59. The second kappa shape index (κ2) is 3.62. The van der Waals surface area contributed by atoms with Gasteiger partial charge in [0.1, 0.15) is 0 Å². The first kappa shape index (κ1) is 11.5. The van der Waals surface area contributed by atoms with Crippen molar-refractivity contribution in [2.24, 2.45) is 23.7 Å². The number of hydrogen-bond acceptors (Lipinski definition) is 2. The number of rotatable bonds is 1. The number of esters is 1. The van der Waals surface area contributed by atoms with Gasteiger partial charge in [0.05, 0.1) is 7.11 Å². The van der Waals surface area contributed by atoms with Crippen molar-refractivity contribution in [2.45, 2.75) is 33.1 Å². The van der Waals surface area contributed by atoms with Crippen molar-refractivity contribution in [1.29, 1.82) is 0 Å². The molecule has 2 nitrogen and oxygen atoms in total. The maximum atomic E-state index is 12.0. The quantitative estimate of drug-likeness (QED) is 0.408. The van der Waals surface area contributed by atoms with Crippen LogP contribution in [0.4, 0.5) is 0 Å². The number of fused-ring (bicyclic) bond motifs is 8. The van der Waals surface area contributed by atoms with Crippen LogP contribution < -0.4 is 0 Å². The fourth-order valence-corrected chi connectivity index (χ4v) is 5.06. The molecule has 1 fully saturated rings. The van der Waals surface area contributed by atoms with E-state index in [2.05, 4.69) is 19.9 Å². The number of carbonyl (C=O) groups is 1. The highest BCUT2D eigenvalue weighted by molar-refractivity contribution is 5.93. The fraction of sp³-hybridized carbons (Fsp3) is 0.588. The van der Waals surface area contributed by atoms with Crippen LogP contribution >= 0.6 is 0 Å². The number of allylic oxidation sites excluding steroid dienone is 5. The third kappa shape index (κ3) is 1.25. The SMILES string of the molecule is COC(=O)C1=C[C@H]2C3=C([C@H]4CC[C@H]3C4)[C@H]1C2=C(C)C. The van der Waals surface area contributed by atoms with Gasteiger partial charge in [-0.3, -0.25) is 0 Å². The van der Waals surface area contributed by atoms with Gasteiger partial charge in [-0.15, -0.1) is 0 Å². The lowest BCUT2D eigenvalue weighted by Gasteiger charge is -2.23. The van der Waals surface area contributed by atoms with Crippen LogP contribution in [-0.2, 0) is 9.53 Å². The van der Waals surface area contributed by atoms with Crippen LogP contribution in [0.5, 0.6) is 0 Å². The summed E-state index contributed by atoms with van der Waals surface area (Å²) in [6.07, 6.45) is 6.23. The smallest absolute Gasteiger partial charge is 0.334 e. The van der Waals surface area contributed by atoms with Gasteiger partial charge in [0.25, 0.3) is 0 Å². The van der Waals surface area contributed by atoms with Crippen LogP contribution in [0, 0.1) is 23.7 Å². The summed E-state index contributed by atoms with van der Waals surface area (Å²) < 4.78 is 4.99. The molecule has 0 spiro atoms. The number of ether oxygens (including phenoxy) is 1. The topological polar surface area (TPSA) is 26.3 Å². The Labute approximate surface area is 114 Å². The minimum atomic E-state index is -0.124. The van der Waals surface area contributed by atoms with Crippen LogP contribution in [0.3, 0.4) is 0 Å². The van der Waals surface area contributed by atoms with Gasteiger partial charge in [0.2, 0.25) is 0 Å². The van der Waals surface area contributed by atoms with Crippen molar-refractivity contribution in [3.8, 4) is 0 Å². The van der Waals surface area contributed by atoms with E-state index >= 15 is 0 Å². The molecule has 4 aliphatic carbocycles. The molecule has 4 atom stereocenters. The molecule has 0 heterocycles. The molecule has 0 aromatic carbocycles. The minimum absolute atomic E-state index is 0.124. The van der Waals surface area contributed by atoms with Gasteiger partial charge in [-0.1, -0.05) is 22.8 Å². The molecular weight excluding hydrogens is 236 g/mol. The summed E-state index contributed by atoms with van der Waals surface area (Å²) in [4.78, 5) is 12.0. The minimum Gasteiger partial charge on any atom is -0.466 e. The van der Waals surface area contributed by atoms with E-state index in [9.17, 15) is 4.79 Å². The maximum absolute atomic E-state index is 12.0. The lowest BCUT2D eigenvalue weighted by atomic mass is 9.82. The van der Waals surface area contributed by atoms with E-state index in [0.717, 1.165) is 17.4 Å².